The van der Waals surface area contributed by atoms with Crippen LogP contribution in [0.2, 0.25) is 5.02 Å². The van der Waals surface area contributed by atoms with Gasteiger partial charge in [0, 0.05) is 30.9 Å². The van der Waals surface area contributed by atoms with Gasteiger partial charge in [0.1, 0.15) is 6.61 Å². The molecule has 0 bridgehead atoms. The Labute approximate surface area is 173 Å². The second kappa shape index (κ2) is 10.3. The predicted molar refractivity (Wildman–Crippen MR) is 110 cm³/mol. The van der Waals surface area contributed by atoms with Crippen molar-refractivity contribution < 1.29 is 9.47 Å². The second-order valence-electron chi connectivity index (χ2n) is 6.01. The topological polar surface area (TPSA) is 74.1 Å². The maximum absolute atomic E-state index is 5.91. The molecule has 0 aliphatic heterocycles. The Morgan fingerprint density at radius 2 is 1.89 bits per heavy atom. The van der Waals surface area contributed by atoms with E-state index in [0.717, 1.165) is 35.1 Å². The maximum Gasteiger partial charge on any atom is 0.209 e. The summed E-state index contributed by atoms with van der Waals surface area (Å²) in [5.74, 6) is 2.31. The van der Waals surface area contributed by atoms with Crippen molar-refractivity contribution in [2.45, 2.75) is 18.3 Å². The van der Waals surface area contributed by atoms with Gasteiger partial charge in [0.05, 0.1) is 7.11 Å². The summed E-state index contributed by atoms with van der Waals surface area (Å²) in [4.78, 5) is 0. The van der Waals surface area contributed by atoms with Gasteiger partial charge in [0.15, 0.2) is 11.5 Å². The highest BCUT2D eigenvalue weighted by Crippen LogP contribution is 2.29. The summed E-state index contributed by atoms with van der Waals surface area (Å²) in [5, 5.41) is 16.3. The lowest BCUT2D eigenvalue weighted by atomic mass is 10.2. The van der Waals surface area contributed by atoms with Crippen molar-refractivity contribution in [3.05, 3.63) is 58.6 Å². The fourth-order valence-corrected chi connectivity index (χ4v) is 3.35. The lowest BCUT2D eigenvalue weighted by Gasteiger charge is -2.13. The Balaban J connectivity index is 1.46. The molecule has 3 rings (SSSR count). The van der Waals surface area contributed by atoms with E-state index in [0.29, 0.717) is 23.1 Å². The number of ether oxygens (including phenoxy) is 2. The maximum atomic E-state index is 5.91. The monoisotopic (exact) mass is 419 g/mol. The molecule has 0 saturated heterocycles. The number of nitrogens with zero attached hydrogens (tertiary/aromatic N) is 4. The van der Waals surface area contributed by atoms with Crippen LogP contribution in [0, 0.1) is 0 Å². The third kappa shape index (κ3) is 5.85. The summed E-state index contributed by atoms with van der Waals surface area (Å²) in [7, 11) is 3.48. The first-order valence-corrected chi connectivity index (χ1v) is 10.1. The van der Waals surface area contributed by atoms with E-state index >= 15 is 0 Å². The van der Waals surface area contributed by atoms with Crippen molar-refractivity contribution in [3.63, 3.8) is 0 Å². The molecular weight excluding hydrogens is 398 g/mol. The van der Waals surface area contributed by atoms with Gasteiger partial charge in [-0.2, -0.15) is 0 Å². The van der Waals surface area contributed by atoms with E-state index in [4.69, 9.17) is 21.1 Å². The highest BCUT2D eigenvalue weighted by atomic mass is 35.5. The molecule has 28 heavy (non-hydrogen) atoms. The zero-order valence-electron chi connectivity index (χ0n) is 15.8. The largest absolute Gasteiger partial charge is 0.493 e. The number of aromatic nitrogens is 4. The van der Waals surface area contributed by atoms with Gasteiger partial charge in [-0.05, 0) is 45.8 Å². The molecule has 1 heterocycles. The number of nitrogens with one attached hydrogen (secondary N) is 1. The van der Waals surface area contributed by atoms with Crippen LogP contribution in [0.15, 0.2) is 47.6 Å². The third-order valence-corrected chi connectivity index (χ3v) is 5.22. The Morgan fingerprint density at radius 3 is 2.61 bits per heavy atom. The average Bonchev–Trinajstić information content (AvgIpc) is 3.12. The van der Waals surface area contributed by atoms with Crippen molar-refractivity contribution in [2.75, 3.05) is 19.4 Å². The van der Waals surface area contributed by atoms with Crippen molar-refractivity contribution in [1.82, 2.24) is 25.5 Å². The van der Waals surface area contributed by atoms with E-state index in [1.54, 1.807) is 23.6 Å². The van der Waals surface area contributed by atoms with E-state index in [1.165, 1.54) is 0 Å². The van der Waals surface area contributed by atoms with Gasteiger partial charge in [-0.1, -0.05) is 41.6 Å². The smallest absolute Gasteiger partial charge is 0.209 e. The van der Waals surface area contributed by atoms with Gasteiger partial charge in [-0.15, -0.1) is 5.10 Å². The number of rotatable bonds is 10. The van der Waals surface area contributed by atoms with Crippen LogP contribution in [0.4, 0.5) is 0 Å². The SMILES string of the molecule is COc1cc(CNCCSc2nnnn2C)ccc1OCc1ccc(Cl)cc1. The van der Waals surface area contributed by atoms with Crippen LogP contribution in [0.3, 0.4) is 0 Å². The highest BCUT2D eigenvalue weighted by molar-refractivity contribution is 7.99. The van der Waals surface area contributed by atoms with Crippen LogP contribution < -0.4 is 14.8 Å². The van der Waals surface area contributed by atoms with Crippen LogP contribution in [0.1, 0.15) is 11.1 Å². The summed E-state index contributed by atoms with van der Waals surface area (Å²) in [6.45, 7) is 2.04. The summed E-state index contributed by atoms with van der Waals surface area (Å²) in [6, 6.07) is 13.6. The fraction of sp³-hybridized carbons (Fsp3) is 0.316. The standard InChI is InChI=1S/C19H22ClN5O2S/c1-25-19(22-23-24-25)28-10-9-21-12-15-5-8-17(18(11-15)26-2)27-13-14-3-6-16(20)7-4-14/h3-8,11,21H,9-10,12-13H2,1-2H3. The van der Waals surface area contributed by atoms with Gasteiger partial charge >= 0.3 is 0 Å². The lowest BCUT2D eigenvalue weighted by molar-refractivity contribution is 0.284. The van der Waals surface area contributed by atoms with Crippen molar-refractivity contribution in [2.24, 2.45) is 7.05 Å². The number of tetrazole rings is 1. The molecule has 0 aliphatic carbocycles. The molecule has 0 amide bonds. The molecule has 0 spiro atoms. The number of thioether (sulfide) groups is 1. The molecule has 3 aromatic rings. The first-order chi connectivity index (χ1) is 13.7. The Kier molecular flexibility index (Phi) is 7.53. The molecule has 0 atom stereocenters. The normalized spacial score (nSPS) is 10.8. The van der Waals surface area contributed by atoms with Crippen LogP contribution in [0.25, 0.3) is 0 Å². The van der Waals surface area contributed by atoms with E-state index < -0.39 is 0 Å². The summed E-state index contributed by atoms with van der Waals surface area (Å²) >= 11 is 7.53. The summed E-state index contributed by atoms with van der Waals surface area (Å²) < 4.78 is 13.0. The minimum Gasteiger partial charge on any atom is -0.493 e. The number of methoxy groups -OCH3 is 1. The van der Waals surface area contributed by atoms with Crippen LogP contribution in [-0.4, -0.2) is 39.6 Å². The zero-order valence-corrected chi connectivity index (χ0v) is 17.3. The lowest BCUT2D eigenvalue weighted by Crippen LogP contribution is -2.16. The molecule has 2 aromatic carbocycles. The Morgan fingerprint density at radius 1 is 1.11 bits per heavy atom. The quantitative estimate of drug-likeness (QED) is 0.399. The molecule has 7 nitrogen and oxygen atoms in total. The number of aryl methyl sites for hydroxylation is 1. The molecule has 0 aliphatic rings. The van der Waals surface area contributed by atoms with Crippen molar-refractivity contribution in [3.8, 4) is 11.5 Å². The number of benzene rings is 2. The molecule has 1 N–H and O–H groups in total. The van der Waals surface area contributed by atoms with Gasteiger partial charge < -0.3 is 14.8 Å². The van der Waals surface area contributed by atoms with E-state index in [2.05, 4.69) is 20.8 Å². The molecular formula is C19H22ClN5O2S. The number of hydrogen-bond acceptors (Lipinski definition) is 7. The summed E-state index contributed by atoms with van der Waals surface area (Å²) in [5.41, 5.74) is 2.17. The Bertz CT molecular complexity index is 888. The minimum atomic E-state index is 0.458. The van der Waals surface area contributed by atoms with Crippen LogP contribution >= 0.6 is 23.4 Å². The molecule has 0 saturated carbocycles. The van der Waals surface area contributed by atoms with Gasteiger partial charge in [0.25, 0.3) is 0 Å². The van der Waals surface area contributed by atoms with Crippen LogP contribution in [-0.2, 0) is 20.2 Å². The molecule has 1 aromatic heterocycles. The molecule has 148 valence electrons. The minimum absolute atomic E-state index is 0.458. The Hall–Kier alpha value is -2.29. The molecule has 9 heteroatoms. The van der Waals surface area contributed by atoms with Crippen molar-refractivity contribution >= 4 is 23.4 Å². The van der Waals surface area contributed by atoms with E-state index in [-0.39, 0.29) is 0 Å². The van der Waals surface area contributed by atoms with Gasteiger partial charge in [-0.25, -0.2) is 4.68 Å². The number of hydrogen-bond donors (Lipinski definition) is 1. The third-order valence-electron chi connectivity index (χ3n) is 3.96. The van der Waals surface area contributed by atoms with Gasteiger partial charge in [-0.3, -0.25) is 0 Å². The highest BCUT2D eigenvalue weighted by Gasteiger charge is 2.07. The van der Waals surface area contributed by atoms with Gasteiger partial charge in [0.2, 0.25) is 5.16 Å². The summed E-state index contributed by atoms with van der Waals surface area (Å²) in [6.07, 6.45) is 0. The molecule has 0 radical (unpaired) electrons. The average molecular weight is 420 g/mol. The van der Waals surface area contributed by atoms with Crippen molar-refractivity contribution in [1.29, 1.82) is 0 Å². The second-order valence-corrected chi connectivity index (χ2v) is 7.51. The number of halogens is 1. The fourth-order valence-electron chi connectivity index (χ4n) is 2.47. The molecule has 0 fully saturated rings. The predicted octanol–water partition coefficient (Wildman–Crippen LogP) is 3.33. The first kappa shape index (κ1) is 20.4. The zero-order chi connectivity index (χ0) is 19.8. The molecule has 0 unspecified atom stereocenters. The van der Waals surface area contributed by atoms with Crippen LogP contribution in [0.5, 0.6) is 11.5 Å². The van der Waals surface area contributed by atoms with E-state index in [1.807, 2.05) is 49.5 Å². The van der Waals surface area contributed by atoms with E-state index in [9.17, 15) is 0 Å². The first-order valence-electron chi connectivity index (χ1n) is 8.75.